The molecule has 12 rings (SSSR count). The Morgan fingerprint density at radius 2 is 0.836 bits per heavy atom. The molecule has 0 unspecified atom stereocenters. The van der Waals surface area contributed by atoms with Crippen LogP contribution < -0.4 is 0 Å². The third-order valence-corrected chi connectivity index (χ3v) is 12.2. The molecule has 0 aliphatic heterocycles. The minimum atomic E-state index is 0.638. The zero-order valence-corrected chi connectivity index (χ0v) is 32.9. The Morgan fingerprint density at radius 1 is 0.361 bits per heavy atom. The lowest BCUT2D eigenvalue weighted by Crippen LogP contribution is -1.98. The van der Waals surface area contributed by atoms with Gasteiger partial charge in [0.05, 0.1) is 34.1 Å². The van der Waals surface area contributed by atoms with Crippen molar-refractivity contribution in [1.82, 2.24) is 14.5 Å². The SMILES string of the molecule is N#Cc1ccc2c(c1)c1cc(-c3c4ccccc4c(-c4nc(-c5ccc6ccccc6c5)cc(-c5ccc6ccccc6c5)n4)c4ccccc34)ccc1n2-c1ccccc1. The minimum absolute atomic E-state index is 0.638. The van der Waals surface area contributed by atoms with E-state index in [1.54, 1.807) is 0 Å². The predicted octanol–water partition coefficient (Wildman–Crippen LogP) is 14.7. The summed E-state index contributed by atoms with van der Waals surface area (Å²) in [6.07, 6.45) is 0. The number of fused-ring (bicyclic) bond motifs is 7. The molecule has 0 atom stereocenters. The average Bonchev–Trinajstić information content (AvgIpc) is 3.65. The van der Waals surface area contributed by atoms with Crippen LogP contribution in [0.1, 0.15) is 5.56 Å². The molecular weight excluding hydrogens is 741 g/mol. The van der Waals surface area contributed by atoms with Crippen LogP contribution in [-0.2, 0) is 0 Å². The highest BCUT2D eigenvalue weighted by molar-refractivity contribution is 6.22. The van der Waals surface area contributed by atoms with Crippen molar-refractivity contribution in [3.8, 4) is 56.8 Å². The molecule has 12 aromatic rings. The van der Waals surface area contributed by atoms with Crippen LogP contribution in [0.25, 0.3) is 116 Å². The van der Waals surface area contributed by atoms with Gasteiger partial charge in [-0.2, -0.15) is 5.26 Å². The van der Waals surface area contributed by atoms with Crippen LogP contribution in [0.2, 0.25) is 0 Å². The van der Waals surface area contributed by atoms with Gasteiger partial charge in [-0.3, -0.25) is 0 Å². The largest absolute Gasteiger partial charge is 0.309 e. The number of hydrogen-bond donors (Lipinski definition) is 0. The molecule has 0 bridgehead atoms. The molecule has 0 amide bonds. The molecule has 0 saturated heterocycles. The average molecular weight is 775 g/mol. The maximum Gasteiger partial charge on any atom is 0.161 e. The van der Waals surface area contributed by atoms with E-state index in [9.17, 15) is 5.26 Å². The fourth-order valence-electron chi connectivity index (χ4n) is 9.34. The molecule has 0 fully saturated rings. The Labute approximate surface area is 351 Å². The summed E-state index contributed by atoms with van der Waals surface area (Å²) >= 11 is 0. The zero-order chi connectivity index (χ0) is 40.4. The third kappa shape index (κ3) is 5.67. The first kappa shape index (κ1) is 34.6. The van der Waals surface area contributed by atoms with E-state index in [0.717, 1.165) is 88.2 Å². The second-order valence-electron chi connectivity index (χ2n) is 15.7. The number of nitriles is 1. The number of para-hydroxylation sites is 1. The molecular formula is C57H34N4. The highest BCUT2D eigenvalue weighted by atomic mass is 15.0. The lowest BCUT2D eigenvalue weighted by Gasteiger charge is -2.18. The second kappa shape index (κ2) is 13.9. The third-order valence-electron chi connectivity index (χ3n) is 12.2. The summed E-state index contributed by atoms with van der Waals surface area (Å²) in [5.74, 6) is 0.679. The Morgan fingerprint density at radius 3 is 1.41 bits per heavy atom. The van der Waals surface area contributed by atoms with Gasteiger partial charge in [-0.05, 0) is 115 Å². The van der Waals surface area contributed by atoms with E-state index in [0.29, 0.717) is 11.4 Å². The zero-order valence-electron chi connectivity index (χ0n) is 32.9. The number of aromatic nitrogens is 3. The van der Waals surface area contributed by atoms with Crippen molar-refractivity contribution in [2.45, 2.75) is 0 Å². The number of benzene rings is 10. The van der Waals surface area contributed by atoms with Gasteiger partial charge in [0.1, 0.15) is 0 Å². The van der Waals surface area contributed by atoms with E-state index in [4.69, 9.17) is 9.97 Å². The van der Waals surface area contributed by atoms with Crippen molar-refractivity contribution < 1.29 is 0 Å². The smallest absolute Gasteiger partial charge is 0.161 e. The second-order valence-corrected chi connectivity index (χ2v) is 15.7. The number of rotatable bonds is 5. The van der Waals surface area contributed by atoms with Gasteiger partial charge in [-0.15, -0.1) is 0 Å². The van der Waals surface area contributed by atoms with E-state index in [-0.39, 0.29) is 0 Å². The van der Waals surface area contributed by atoms with Gasteiger partial charge in [0.2, 0.25) is 0 Å². The maximum atomic E-state index is 9.96. The molecule has 10 aromatic carbocycles. The summed E-state index contributed by atoms with van der Waals surface area (Å²) < 4.78 is 2.29. The van der Waals surface area contributed by atoms with Crippen molar-refractivity contribution in [3.05, 3.63) is 212 Å². The lowest BCUT2D eigenvalue weighted by atomic mass is 9.87. The van der Waals surface area contributed by atoms with Gasteiger partial charge in [0.25, 0.3) is 0 Å². The van der Waals surface area contributed by atoms with Crippen LogP contribution >= 0.6 is 0 Å². The first-order valence-electron chi connectivity index (χ1n) is 20.5. The van der Waals surface area contributed by atoms with Crippen molar-refractivity contribution in [2.24, 2.45) is 0 Å². The Bertz CT molecular complexity index is 3620. The lowest BCUT2D eigenvalue weighted by molar-refractivity contribution is 1.18. The van der Waals surface area contributed by atoms with Crippen LogP contribution in [0.15, 0.2) is 206 Å². The van der Waals surface area contributed by atoms with Gasteiger partial charge in [-0.25, -0.2) is 9.97 Å². The highest BCUT2D eigenvalue weighted by Gasteiger charge is 2.22. The van der Waals surface area contributed by atoms with Crippen LogP contribution in [0.5, 0.6) is 0 Å². The van der Waals surface area contributed by atoms with Gasteiger partial charge >= 0.3 is 0 Å². The topological polar surface area (TPSA) is 54.5 Å². The highest BCUT2D eigenvalue weighted by Crippen LogP contribution is 2.45. The molecule has 0 aliphatic carbocycles. The summed E-state index contributed by atoms with van der Waals surface area (Å²) in [7, 11) is 0. The Balaban J connectivity index is 1.12. The molecule has 4 nitrogen and oxygen atoms in total. The molecule has 61 heavy (non-hydrogen) atoms. The fourth-order valence-corrected chi connectivity index (χ4v) is 9.34. The van der Waals surface area contributed by atoms with Crippen LogP contribution in [0.3, 0.4) is 0 Å². The molecule has 0 aliphatic rings. The van der Waals surface area contributed by atoms with Crippen molar-refractivity contribution in [1.29, 1.82) is 5.26 Å². The van der Waals surface area contributed by atoms with Crippen molar-refractivity contribution in [3.63, 3.8) is 0 Å². The number of nitrogens with zero attached hydrogens (tertiary/aromatic N) is 4. The van der Waals surface area contributed by atoms with Crippen molar-refractivity contribution >= 4 is 64.9 Å². The summed E-state index contributed by atoms with van der Waals surface area (Å²) in [5.41, 5.74) is 10.9. The summed E-state index contributed by atoms with van der Waals surface area (Å²) in [5, 5.41) is 21.2. The fraction of sp³-hybridized carbons (Fsp3) is 0. The molecule has 282 valence electrons. The number of hydrogen-bond acceptors (Lipinski definition) is 3. The molecule has 0 N–H and O–H groups in total. The molecule has 4 heteroatoms. The van der Waals surface area contributed by atoms with Gasteiger partial charge in [0, 0.05) is 33.2 Å². The predicted molar refractivity (Wildman–Crippen MR) is 253 cm³/mol. The van der Waals surface area contributed by atoms with E-state index < -0.39 is 0 Å². The maximum absolute atomic E-state index is 9.96. The molecule has 0 saturated carbocycles. The van der Waals surface area contributed by atoms with Crippen LogP contribution in [0, 0.1) is 11.3 Å². The van der Waals surface area contributed by atoms with E-state index in [2.05, 4.69) is 199 Å². The first-order valence-corrected chi connectivity index (χ1v) is 20.5. The normalized spacial score (nSPS) is 11.6. The standard InChI is InChI=1S/C57H34N4/c58-35-36-22-28-53-49(30-36)50-33-43(27-29-54(50)61(53)44-16-2-1-3-17-44)55-45-18-8-10-20-47(45)56(48-21-11-9-19-46(48)55)57-59-51(41-25-23-37-12-4-6-14-39(37)31-41)34-52(60-57)42-26-24-38-13-5-7-15-40(38)32-42/h1-34H. The van der Waals surface area contributed by atoms with E-state index in [1.807, 2.05) is 18.2 Å². The van der Waals surface area contributed by atoms with Crippen molar-refractivity contribution in [2.75, 3.05) is 0 Å². The van der Waals surface area contributed by atoms with Gasteiger partial charge in [-0.1, -0.05) is 146 Å². The molecule has 2 heterocycles. The minimum Gasteiger partial charge on any atom is -0.309 e. The summed E-state index contributed by atoms with van der Waals surface area (Å²) in [6, 6.07) is 75.1. The quantitative estimate of drug-likeness (QED) is 0.164. The molecule has 0 radical (unpaired) electrons. The van der Waals surface area contributed by atoms with Crippen LogP contribution in [-0.4, -0.2) is 14.5 Å². The Kier molecular flexibility index (Phi) is 7.88. The van der Waals surface area contributed by atoms with E-state index >= 15 is 0 Å². The molecule has 2 aromatic heterocycles. The molecule has 0 spiro atoms. The first-order chi connectivity index (χ1) is 30.2. The van der Waals surface area contributed by atoms with E-state index in [1.165, 1.54) is 21.5 Å². The van der Waals surface area contributed by atoms with Gasteiger partial charge < -0.3 is 4.57 Å². The summed E-state index contributed by atoms with van der Waals surface area (Å²) in [6.45, 7) is 0. The monoisotopic (exact) mass is 774 g/mol. The Hall–Kier alpha value is -8.39. The van der Waals surface area contributed by atoms with Gasteiger partial charge in [0.15, 0.2) is 5.82 Å². The summed E-state index contributed by atoms with van der Waals surface area (Å²) in [4.78, 5) is 10.9. The van der Waals surface area contributed by atoms with Crippen LogP contribution in [0.4, 0.5) is 0 Å².